The average Bonchev–Trinajstić information content (AvgIpc) is 2.29. The van der Waals surface area contributed by atoms with Crippen LogP contribution >= 0.6 is 0 Å². The monoisotopic (exact) mass is 262 g/mol. The number of hydrogen-bond acceptors (Lipinski definition) is 5. The molecular weight excluding hydrogens is 236 g/mol. The van der Waals surface area contributed by atoms with Gasteiger partial charge in [0.15, 0.2) is 6.29 Å². The van der Waals surface area contributed by atoms with E-state index in [1.807, 2.05) is 25.8 Å². The van der Waals surface area contributed by atoms with Crippen LogP contribution in [0.3, 0.4) is 0 Å². The van der Waals surface area contributed by atoms with E-state index in [1.165, 1.54) is 0 Å². The summed E-state index contributed by atoms with van der Waals surface area (Å²) in [6.45, 7) is 6.98. The maximum absolute atomic E-state index is 11.5. The summed E-state index contributed by atoms with van der Waals surface area (Å²) in [5, 5.41) is 2.76. The molecule has 0 radical (unpaired) electrons. The molecular formula is C12H26N2O4. The van der Waals surface area contributed by atoms with Gasteiger partial charge >= 0.3 is 0 Å². The molecule has 0 rings (SSSR count). The van der Waals surface area contributed by atoms with E-state index in [4.69, 9.17) is 14.2 Å². The summed E-state index contributed by atoms with van der Waals surface area (Å²) in [7, 11) is 3.47. The lowest BCUT2D eigenvalue weighted by atomic mass is 10.4. The second-order valence-electron chi connectivity index (χ2n) is 3.88. The molecule has 0 spiro atoms. The Kier molecular flexibility index (Phi) is 11.0. The zero-order chi connectivity index (χ0) is 13.8. The van der Waals surface area contributed by atoms with Crippen LogP contribution in [0.1, 0.15) is 13.8 Å². The first kappa shape index (κ1) is 17.3. The molecule has 0 bridgehead atoms. The Morgan fingerprint density at radius 2 is 1.89 bits per heavy atom. The summed E-state index contributed by atoms with van der Waals surface area (Å²) < 4.78 is 15.7. The van der Waals surface area contributed by atoms with Gasteiger partial charge in [-0.3, -0.25) is 9.69 Å². The Morgan fingerprint density at radius 3 is 2.39 bits per heavy atom. The van der Waals surface area contributed by atoms with Crippen molar-refractivity contribution in [3.8, 4) is 0 Å². The maximum atomic E-state index is 11.5. The highest BCUT2D eigenvalue weighted by molar-refractivity contribution is 5.77. The van der Waals surface area contributed by atoms with E-state index < -0.39 is 0 Å². The number of hydrogen-bond donors (Lipinski definition) is 1. The van der Waals surface area contributed by atoms with Gasteiger partial charge in [0.1, 0.15) is 0 Å². The summed E-state index contributed by atoms with van der Waals surface area (Å²) >= 11 is 0. The Hall–Kier alpha value is -0.690. The number of carbonyl (C=O) groups is 1. The molecule has 0 saturated carbocycles. The predicted octanol–water partition coefficient (Wildman–Crippen LogP) is 0.0799. The van der Waals surface area contributed by atoms with Crippen molar-refractivity contribution in [2.75, 3.05) is 53.6 Å². The van der Waals surface area contributed by atoms with Crippen molar-refractivity contribution < 1.29 is 19.0 Å². The fraction of sp³-hybridized carbons (Fsp3) is 0.917. The van der Waals surface area contributed by atoms with Gasteiger partial charge in [0.05, 0.1) is 13.2 Å². The minimum atomic E-state index is -0.281. The number of nitrogens with one attached hydrogen (secondary N) is 1. The first-order chi connectivity index (χ1) is 8.63. The Bertz CT molecular complexity index is 208. The normalized spacial score (nSPS) is 11.2. The van der Waals surface area contributed by atoms with Crippen LogP contribution in [0.5, 0.6) is 0 Å². The van der Waals surface area contributed by atoms with E-state index >= 15 is 0 Å². The van der Waals surface area contributed by atoms with E-state index in [0.717, 1.165) is 0 Å². The molecule has 0 aromatic heterocycles. The molecule has 1 amide bonds. The first-order valence-electron chi connectivity index (χ1n) is 6.31. The average molecular weight is 262 g/mol. The van der Waals surface area contributed by atoms with Gasteiger partial charge in [-0.1, -0.05) is 0 Å². The van der Waals surface area contributed by atoms with Gasteiger partial charge in [0.25, 0.3) is 0 Å². The smallest absolute Gasteiger partial charge is 0.234 e. The molecule has 1 N–H and O–H groups in total. The van der Waals surface area contributed by atoms with Crippen LogP contribution in [0.4, 0.5) is 0 Å². The summed E-state index contributed by atoms with van der Waals surface area (Å²) in [4.78, 5) is 13.4. The van der Waals surface area contributed by atoms with E-state index in [2.05, 4.69) is 5.32 Å². The molecule has 0 unspecified atom stereocenters. The van der Waals surface area contributed by atoms with Crippen LogP contribution in [0.2, 0.25) is 0 Å². The number of rotatable bonds is 11. The second kappa shape index (κ2) is 11.4. The third kappa shape index (κ3) is 9.35. The van der Waals surface area contributed by atoms with Crippen molar-refractivity contribution in [1.82, 2.24) is 10.2 Å². The van der Waals surface area contributed by atoms with Gasteiger partial charge in [0, 0.05) is 33.4 Å². The lowest BCUT2D eigenvalue weighted by Crippen LogP contribution is -2.40. The topological polar surface area (TPSA) is 60.0 Å². The van der Waals surface area contributed by atoms with Crippen LogP contribution in [-0.4, -0.2) is 70.7 Å². The molecule has 0 saturated heterocycles. The van der Waals surface area contributed by atoms with E-state index in [1.54, 1.807) is 7.11 Å². The highest BCUT2D eigenvalue weighted by atomic mass is 16.7. The summed E-state index contributed by atoms with van der Waals surface area (Å²) in [6, 6.07) is 0. The summed E-state index contributed by atoms with van der Waals surface area (Å²) in [5.41, 5.74) is 0. The number of amides is 1. The standard InChI is InChI=1S/C12H26N2O4/c1-5-17-12(18-6-2)10-14(3)9-11(15)13-7-8-16-4/h12H,5-10H2,1-4H3,(H,13,15). The van der Waals surface area contributed by atoms with Gasteiger partial charge in [-0.25, -0.2) is 0 Å². The second-order valence-corrected chi connectivity index (χ2v) is 3.88. The highest BCUT2D eigenvalue weighted by Gasteiger charge is 2.13. The van der Waals surface area contributed by atoms with E-state index in [0.29, 0.717) is 39.5 Å². The molecule has 0 aromatic carbocycles. The number of methoxy groups -OCH3 is 1. The fourth-order valence-corrected chi connectivity index (χ4v) is 1.44. The first-order valence-corrected chi connectivity index (χ1v) is 6.31. The number of ether oxygens (including phenoxy) is 3. The van der Waals surface area contributed by atoms with Crippen LogP contribution in [0.15, 0.2) is 0 Å². The van der Waals surface area contributed by atoms with Gasteiger partial charge in [-0.15, -0.1) is 0 Å². The van der Waals surface area contributed by atoms with Crippen molar-refractivity contribution in [1.29, 1.82) is 0 Å². The molecule has 0 aliphatic heterocycles. The Labute approximate surface area is 110 Å². The minimum Gasteiger partial charge on any atom is -0.383 e. The molecule has 0 aliphatic rings. The summed E-state index contributed by atoms with van der Waals surface area (Å²) in [5.74, 6) is -0.0266. The van der Waals surface area contributed by atoms with Crippen LogP contribution in [0.25, 0.3) is 0 Å². The highest BCUT2D eigenvalue weighted by Crippen LogP contribution is 1.98. The third-order valence-electron chi connectivity index (χ3n) is 2.21. The number of carbonyl (C=O) groups excluding carboxylic acids is 1. The lowest BCUT2D eigenvalue weighted by molar-refractivity contribution is -0.147. The van der Waals surface area contributed by atoms with Gasteiger partial charge < -0.3 is 19.5 Å². The van der Waals surface area contributed by atoms with Crippen LogP contribution < -0.4 is 5.32 Å². The predicted molar refractivity (Wildman–Crippen MR) is 69.4 cm³/mol. The molecule has 0 aliphatic carbocycles. The minimum absolute atomic E-state index is 0.0266. The number of nitrogens with zero attached hydrogens (tertiary/aromatic N) is 1. The Balaban J connectivity index is 3.84. The molecule has 18 heavy (non-hydrogen) atoms. The van der Waals surface area contributed by atoms with Crippen molar-refractivity contribution in [2.24, 2.45) is 0 Å². The quantitative estimate of drug-likeness (QED) is 0.422. The fourth-order valence-electron chi connectivity index (χ4n) is 1.44. The lowest BCUT2D eigenvalue weighted by Gasteiger charge is -2.23. The summed E-state index contributed by atoms with van der Waals surface area (Å²) in [6.07, 6.45) is -0.281. The molecule has 6 heteroatoms. The number of likely N-dealkylation sites (N-methyl/N-ethyl adjacent to an activating group) is 1. The zero-order valence-electron chi connectivity index (χ0n) is 11.9. The molecule has 0 atom stereocenters. The molecule has 0 heterocycles. The van der Waals surface area contributed by atoms with Crippen LogP contribution in [-0.2, 0) is 19.0 Å². The SMILES string of the molecule is CCOC(CN(C)CC(=O)NCCOC)OCC. The van der Waals surface area contributed by atoms with Crippen molar-refractivity contribution >= 4 is 5.91 Å². The van der Waals surface area contributed by atoms with Gasteiger partial charge in [0.2, 0.25) is 5.91 Å². The van der Waals surface area contributed by atoms with Gasteiger partial charge in [-0.05, 0) is 20.9 Å². The molecule has 6 nitrogen and oxygen atoms in total. The molecule has 108 valence electrons. The van der Waals surface area contributed by atoms with E-state index in [-0.39, 0.29) is 12.2 Å². The zero-order valence-corrected chi connectivity index (χ0v) is 11.9. The molecule has 0 fully saturated rings. The van der Waals surface area contributed by atoms with E-state index in [9.17, 15) is 4.79 Å². The third-order valence-corrected chi connectivity index (χ3v) is 2.21. The van der Waals surface area contributed by atoms with Crippen LogP contribution in [0, 0.1) is 0 Å². The van der Waals surface area contributed by atoms with Crippen molar-refractivity contribution in [2.45, 2.75) is 20.1 Å². The maximum Gasteiger partial charge on any atom is 0.234 e. The molecule has 0 aromatic rings. The van der Waals surface area contributed by atoms with Crippen molar-refractivity contribution in [3.05, 3.63) is 0 Å². The Morgan fingerprint density at radius 1 is 1.28 bits per heavy atom. The van der Waals surface area contributed by atoms with Crippen molar-refractivity contribution in [3.63, 3.8) is 0 Å². The van der Waals surface area contributed by atoms with Gasteiger partial charge in [-0.2, -0.15) is 0 Å². The largest absolute Gasteiger partial charge is 0.383 e.